The zero-order valence-corrected chi connectivity index (χ0v) is 4.09. The van der Waals surface area contributed by atoms with E-state index in [1.54, 1.807) is 0 Å². The molecule has 0 saturated carbocycles. The summed E-state index contributed by atoms with van der Waals surface area (Å²) in [5, 5.41) is 3.96. The summed E-state index contributed by atoms with van der Waals surface area (Å²) in [4.78, 5) is 8.39. The van der Waals surface area contributed by atoms with Gasteiger partial charge in [-0.1, -0.05) is 11.6 Å². The Labute approximate surface area is 45.3 Å². The van der Waals surface area contributed by atoms with E-state index < -0.39 is 5.56 Å². The van der Waals surface area contributed by atoms with E-state index >= 15 is 0 Å². The first-order valence-corrected chi connectivity index (χ1v) is 2.13. The highest BCUT2D eigenvalue weighted by molar-refractivity contribution is 6.20. The highest BCUT2D eigenvalue weighted by atomic mass is 35.5. The summed E-state index contributed by atoms with van der Waals surface area (Å²) in [6.45, 7) is 0. The number of halogens is 1. The zero-order chi connectivity index (χ0) is 5.11. The molecule has 0 N–H and O–H groups in total. The van der Waals surface area contributed by atoms with Crippen LogP contribution in [0.2, 0.25) is 0 Å². The number of hydrogen-bond donors (Lipinski definition) is 0. The first kappa shape index (κ1) is 4.90. The lowest BCUT2D eigenvalue weighted by Gasteiger charge is -2.06. The van der Waals surface area contributed by atoms with Crippen molar-refractivity contribution in [2.24, 2.45) is 0 Å². The molecule has 0 bridgehead atoms. The Kier molecular flexibility index (Phi) is 1.51. The monoisotopic (exact) mass is 122 g/mol. The lowest BCUT2D eigenvalue weighted by atomic mass is 10.7. The molecule has 1 rings (SSSR count). The van der Waals surface area contributed by atoms with Gasteiger partial charge in [-0.2, -0.15) is 4.89 Å². The van der Waals surface area contributed by atoms with Crippen LogP contribution in [0.1, 0.15) is 0 Å². The molecule has 0 radical (unpaired) electrons. The van der Waals surface area contributed by atoms with Crippen LogP contribution in [0.3, 0.4) is 0 Å². The van der Waals surface area contributed by atoms with Crippen molar-refractivity contribution in [3.63, 3.8) is 0 Å². The van der Waals surface area contributed by atoms with Crippen molar-refractivity contribution in [2.75, 3.05) is 0 Å². The third-order valence-electron chi connectivity index (χ3n) is 0.456. The molecule has 1 aliphatic heterocycles. The molecule has 40 valence electrons. The normalized spacial score (nSPS) is 29.6. The average Bonchev–Trinajstić information content (AvgIpc) is 1.69. The lowest BCUT2D eigenvalue weighted by Crippen LogP contribution is -2.05. The predicted octanol–water partition coefficient (Wildman–Crippen LogP) is 0.958. The molecule has 7 heavy (non-hydrogen) atoms. The number of rotatable bonds is 0. The summed E-state index contributed by atoms with van der Waals surface area (Å²) >= 11 is 5.30. The summed E-state index contributed by atoms with van der Waals surface area (Å²) in [7, 11) is 0. The van der Waals surface area contributed by atoms with E-state index in [1.165, 1.54) is 12.3 Å². The van der Waals surface area contributed by atoms with Crippen molar-refractivity contribution >= 4 is 11.6 Å². The maximum absolute atomic E-state index is 5.30. The van der Waals surface area contributed by atoms with Crippen LogP contribution in [0.5, 0.6) is 0 Å². The molecule has 1 unspecified atom stereocenters. The predicted molar refractivity (Wildman–Crippen MR) is 22.0 cm³/mol. The van der Waals surface area contributed by atoms with Crippen LogP contribution >= 0.6 is 11.6 Å². The van der Waals surface area contributed by atoms with Crippen LogP contribution in [0.15, 0.2) is 12.3 Å². The molecular weight excluding hydrogens is 119 g/mol. The Bertz CT molecular complexity index is 82.2. The molecule has 0 spiro atoms. The van der Waals surface area contributed by atoms with Crippen molar-refractivity contribution in [1.29, 1.82) is 0 Å². The van der Waals surface area contributed by atoms with Crippen LogP contribution in [-0.2, 0) is 14.8 Å². The fourth-order valence-corrected chi connectivity index (χ4v) is 0.298. The molecule has 1 aliphatic rings. The largest absolute Gasteiger partial charge is 0.316 e. The van der Waals surface area contributed by atoms with Gasteiger partial charge in [-0.3, -0.25) is 0 Å². The highest BCUT2D eigenvalue weighted by Crippen LogP contribution is 2.05. The topological polar surface area (TPSA) is 27.7 Å². The average molecular weight is 123 g/mol. The minimum Gasteiger partial charge on any atom is -0.316 e. The van der Waals surface area contributed by atoms with Gasteiger partial charge in [-0.15, -0.1) is 0 Å². The minimum absolute atomic E-state index is 0.520. The summed E-state index contributed by atoms with van der Waals surface area (Å²) in [5.41, 5.74) is -0.520. The van der Waals surface area contributed by atoms with E-state index in [1.807, 2.05) is 0 Å². The van der Waals surface area contributed by atoms with E-state index in [2.05, 4.69) is 14.8 Å². The van der Waals surface area contributed by atoms with Crippen molar-refractivity contribution in [1.82, 2.24) is 0 Å². The molecule has 0 aliphatic carbocycles. The molecule has 0 aromatic rings. The van der Waals surface area contributed by atoms with Gasteiger partial charge in [0.05, 0.1) is 0 Å². The smallest absolute Gasteiger partial charge is 0.192 e. The van der Waals surface area contributed by atoms with Gasteiger partial charge in [0.25, 0.3) is 0 Å². The molecular formula is C3H3ClO3. The van der Waals surface area contributed by atoms with E-state index in [-0.39, 0.29) is 0 Å². The Balaban J connectivity index is 2.36. The highest BCUT2D eigenvalue weighted by Gasteiger charge is 2.04. The van der Waals surface area contributed by atoms with E-state index in [9.17, 15) is 0 Å². The Hall–Kier alpha value is -0.250. The van der Waals surface area contributed by atoms with Gasteiger partial charge in [0.2, 0.25) is 0 Å². The molecule has 3 nitrogen and oxygen atoms in total. The van der Waals surface area contributed by atoms with Crippen molar-refractivity contribution < 1.29 is 14.8 Å². The number of alkyl halides is 1. The van der Waals surface area contributed by atoms with Crippen LogP contribution in [-0.4, -0.2) is 5.56 Å². The van der Waals surface area contributed by atoms with Gasteiger partial charge < -0.3 is 4.89 Å². The van der Waals surface area contributed by atoms with Crippen LogP contribution in [0.4, 0.5) is 0 Å². The fraction of sp³-hybridized carbons (Fsp3) is 0.333. The third kappa shape index (κ3) is 1.35. The van der Waals surface area contributed by atoms with Crippen LogP contribution in [0, 0.1) is 0 Å². The summed E-state index contributed by atoms with van der Waals surface area (Å²) in [6.07, 6.45) is 2.81. The summed E-state index contributed by atoms with van der Waals surface area (Å²) in [6, 6.07) is 0. The van der Waals surface area contributed by atoms with E-state index in [4.69, 9.17) is 11.6 Å². The molecule has 0 amide bonds. The number of hydrogen-bond acceptors (Lipinski definition) is 3. The van der Waals surface area contributed by atoms with Crippen molar-refractivity contribution in [3.05, 3.63) is 12.3 Å². The molecule has 1 heterocycles. The van der Waals surface area contributed by atoms with Gasteiger partial charge in [0.15, 0.2) is 5.56 Å². The van der Waals surface area contributed by atoms with Crippen molar-refractivity contribution in [3.8, 4) is 0 Å². The molecule has 0 fully saturated rings. The molecule has 1 atom stereocenters. The standard InChI is InChI=1S/C3H3ClO3/c4-3-1-2-5-7-6-3/h1-3H. The molecule has 0 aromatic carbocycles. The fourth-order valence-electron chi connectivity index (χ4n) is 0.209. The van der Waals surface area contributed by atoms with Crippen LogP contribution in [0.25, 0.3) is 0 Å². The second kappa shape index (κ2) is 2.16. The zero-order valence-electron chi connectivity index (χ0n) is 3.33. The van der Waals surface area contributed by atoms with Gasteiger partial charge in [-0.05, 0) is 5.04 Å². The van der Waals surface area contributed by atoms with E-state index in [0.29, 0.717) is 0 Å². The Morgan fingerprint density at radius 2 is 2.43 bits per heavy atom. The SMILES string of the molecule is ClC1C=COOO1. The maximum Gasteiger partial charge on any atom is 0.192 e. The Morgan fingerprint density at radius 1 is 1.57 bits per heavy atom. The van der Waals surface area contributed by atoms with Crippen LogP contribution < -0.4 is 0 Å². The maximum atomic E-state index is 5.30. The second-order valence-corrected chi connectivity index (χ2v) is 1.37. The van der Waals surface area contributed by atoms with Gasteiger partial charge in [0.1, 0.15) is 6.26 Å². The molecule has 0 saturated heterocycles. The van der Waals surface area contributed by atoms with Crippen molar-refractivity contribution in [2.45, 2.75) is 5.56 Å². The quantitative estimate of drug-likeness (QED) is 0.354. The lowest BCUT2D eigenvalue weighted by molar-refractivity contribution is -0.500. The first-order chi connectivity index (χ1) is 3.39. The molecule has 0 aromatic heterocycles. The summed E-state index contributed by atoms with van der Waals surface area (Å²) < 4.78 is 0. The third-order valence-corrected chi connectivity index (χ3v) is 0.674. The minimum atomic E-state index is -0.520. The Morgan fingerprint density at radius 3 is 2.71 bits per heavy atom. The van der Waals surface area contributed by atoms with Gasteiger partial charge >= 0.3 is 0 Å². The van der Waals surface area contributed by atoms with Gasteiger partial charge in [-0.25, -0.2) is 0 Å². The van der Waals surface area contributed by atoms with Gasteiger partial charge in [0, 0.05) is 6.08 Å². The first-order valence-electron chi connectivity index (χ1n) is 1.69. The molecule has 4 heteroatoms. The van der Waals surface area contributed by atoms with E-state index in [0.717, 1.165) is 0 Å². The second-order valence-electron chi connectivity index (χ2n) is 0.940. The summed E-state index contributed by atoms with van der Waals surface area (Å²) in [5.74, 6) is 0.